The van der Waals surface area contributed by atoms with E-state index in [0.717, 1.165) is 38.8 Å². The zero-order chi connectivity index (χ0) is 19.7. The van der Waals surface area contributed by atoms with Gasteiger partial charge in [0.05, 0.1) is 16.0 Å². The second-order valence-electron chi connectivity index (χ2n) is 7.54. The molecular weight excluding hydrogens is 393 g/mol. The Morgan fingerprint density at radius 3 is 2.64 bits per heavy atom. The van der Waals surface area contributed by atoms with Crippen molar-refractivity contribution in [3.8, 4) is 10.4 Å². The van der Waals surface area contributed by atoms with E-state index in [1.165, 1.54) is 30.3 Å². The Balaban J connectivity index is 1.51. The van der Waals surface area contributed by atoms with Crippen molar-refractivity contribution in [2.45, 2.75) is 25.3 Å². The molecule has 4 rings (SSSR count). The number of fused-ring (bicyclic) bond motifs is 1. The maximum Gasteiger partial charge on any atom is 0.233 e. The SMILES string of the molecule is C[C@@H]1C[C@H](C)CN(C(=O)CSc2ncnc3cc(-c4ccc(F)cc4)sc23)C1. The van der Waals surface area contributed by atoms with Crippen molar-refractivity contribution < 1.29 is 9.18 Å². The van der Waals surface area contributed by atoms with Crippen LogP contribution < -0.4 is 0 Å². The molecular formula is C21H22FN3OS2. The minimum atomic E-state index is -0.249. The number of benzene rings is 1. The van der Waals surface area contributed by atoms with Crippen LogP contribution in [0.1, 0.15) is 20.3 Å². The number of carbonyl (C=O) groups is 1. The quantitative estimate of drug-likeness (QED) is 0.440. The van der Waals surface area contributed by atoms with E-state index in [1.807, 2.05) is 11.0 Å². The molecule has 146 valence electrons. The third-order valence-corrected chi connectivity index (χ3v) is 7.24. The topological polar surface area (TPSA) is 46.1 Å². The summed E-state index contributed by atoms with van der Waals surface area (Å²) in [6, 6.07) is 8.44. The lowest BCUT2D eigenvalue weighted by molar-refractivity contribution is -0.130. The van der Waals surface area contributed by atoms with E-state index < -0.39 is 0 Å². The Morgan fingerprint density at radius 2 is 1.93 bits per heavy atom. The van der Waals surface area contributed by atoms with Crippen LogP contribution in [0.2, 0.25) is 0 Å². The lowest BCUT2D eigenvalue weighted by Crippen LogP contribution is -2.43. The molecule has 1 saturated heterocycles. The van der Waals surface area contributed by atoms with Gasteiger partial charge in [0, 0.05) is 18.0 Å². The summed E-state index contributed by atoms with van der Waals surface area (Å²) in [6.45, 7) is 6.10. The molecule has 28 heavy (non-hydrogen) atoms. The van der Waals surface area contributed by atoms with Crippen LogP contribution in [0.3, 0.4) is 0 Å². The standard InChI is InChI=1S/C21H22FN3OS2/c1-13-7-14(2)10-25(9-13)19(26)11-27-21-20-17(23-12-24-21)8-18(28-20)15-3-5-16(22)6-4-15/h3-6,8,12-14H,7,9-11H2,1-2H3/t13-,14+. The number of halogens is 1. The number of piperidine rings is 1. The Labute approximate surface area is 172 Å². The molecule has 7 heteroatoms. The fourth-order valence-corrected chi connectivity index (χ4v) is 5.88. The van der Waals surface area contributed by atoms with E-state index in [-0.39, 0.29) is 11.7 Å². The molecule has 0 aliphatic carbocycles. The molecule has 3 aromatic rings. The van der Waals surface area contributed by atoms with Gasteiger partial charge in [0.1, 0.15) is 17.2 Å². The minimum absolute atomic E-state index is 0.172. The monoisotopic (exact) mass is 415 g/mol. The lowest BCUT2D eigenvalue weighted by atomic mass is 9.92. The molecule has 0 N–H and O–H groups in total. The van der Waals surface area contributed by atoms with Crippen molar-refractivity contribution in [2.75, 3.05) is 18.8 Å². The van der Waals surface area contributed by atoms with Gasteiger partial charge in [0.15, 0.2) is 0 Å². The molecule has 2 atom stereocenters. The number of thioether (sulfide) groups is 1. The first kappa shape index (κ1) is 19.3. The third-order valence-electron chi connectivity index (χ3n) is 4.96. The number of hydrogen-bond acceptors (Lipinski definition) is 5. The maximum absolute atomic E-state index is 13.2. The number of thiophene rings is 1. The second-order valence-corrected chi connectivity index (χ2v) is 9.56. The van der Waals surface area contributed by atoms with Gasteiger partial charge in [-0.15, -0.1) is 11.3 Å². The van der Waals surface area contributed by atoms with Crippen LogP contribution >= 0.6 is 23.1 Å². The highest BCUT2D eigenvalue weighted by molar-refractivity contribution is 8.00. The first-order valence-corrected chi connectivity index (χ1v) is 11.2. The van der Waals surface area contributed by atoms with E-state index in [1.54, 1.807) is 29.8 Å². The first-order chi connectivity index (χ1) is 13.5. The van der Waals surface area contributed by atoms with Crippen molar-refractivity contribution in [3.63, 3.8) is 0 Å². The van der Waals surface area contributed by atoms with Gasteiger partial charge in [0.25, 0.3) is 0 Å². The zero-order valence-corrected chi connectivity index (χ0v) is 17.5. The Morgan fingerprint density at radius 1 is 1.21 bits per heavy atom. The molecule has 1 aliphatic rings. The van der Waals surface area contributed by atoms with Crippen molar-refractivity contribution >= 4 is 39.2 Å². The van der Waals surface area contributed by atoms with E-state index in [0.29, 0.717) is 17.6 Å². The van der Waals surface area contributed by atoms with Crippen molar-refractivity contribution in [1.82, 2.24) is 14.9 Å². The fourth-order valence-electron chi connectivity index (χ4n) is 3.78. The molecule has 0 unspecified atom stereocenters. The summed E-state index contributed by atoms with van der Waals surface area (Å²) in [5, 5.41) is 0.829. The van der Waals surface area contributed by atoms with Gasteiger partial charge >= 0.3 is 0 Å². The number of rotatable bonds is 4. The van der Waals surface area contributed by atoms with Crippen LogP contribution in [0.4, 0.5) is 4.39 Å². The minimum Gasteiger partial charge on any atom is -0.341 e. The molecule has 1 aromatic carbocycles. The molecule has 0 bridgehead atoms. The molecule has 1 amide bonds. The Hall–Kier alpha value is -1.99. The highest BCUT2D eigenvalue weighted by Crippen LogP contribution is 2.37. The summed E-state index contributed by atoms with van der Waals surface area (Å²) < 4.78 is 14.2. The second kappa shape index (κ2) is 8.17. The predicted octanol–water partition coefficient (Wildman–Crippen LogP) is 5.09. The van der Waals surface area contributed by atoms with E-state index in [9.17, 15) is 9.18 Å². The smallest absolute Gasteiger partial charge is 0.233 e. The Bertz CT molecular complexity index is 979. The fraction of sp³-hybridized carbons (Fsp3) is 0.381. The third kappa shape index (κ3) is 4.20. The van der Waals surface area contributed by atoms with Crippen LogP contribution in [0.5, 0.6) is 0 Å². The molecule has 0 spiro atoms. The van der Waals surface area contributed by atoms with Crippen LogP contribution in [0.25, 0.3) is 20.7 Å². The number of aromatic nitrogens is 2. The molecule has 0 saturated carbocycles. The van der Waals surface area contributed by atoms with Crippen molar-refractivity contribution in [1.29, 1.82) is 0 Å². The number of nitrogens with zero attached hydrogens (tertiary/aromatic N) is 3. The summed E-state index contributed by atoms with van der Waals surface area (Å²) in [4.78, 5) is 24.5. The zero-order valence-electron chi connectivity index (χ0n) is 15.9. The summed E-state index contributed by atoms with van der Waals surface area (Å²) in [5.41, 5.74) is 1.81. The Kier molecular flexibility index (Phi) is 5.64. The molecule has 3 heterocycles. The molecule has 1 aliphatic heterocycles. The lowest BCUT2D eigenvalue weighted by Gasteiger charge is -2.35. The predicted molar refractivity (Wildman–Crippen MR) is 113 cm³/mol. The average Bonchev–Trinajstić information content (AvgIpc) is 3.10. The van der Waals surface area contributed by atoms with Crippen LogP contribution in [0.15, 0.2) is 41.7 Å². The van der Waals surface area contributed by atoms with E-state index in [2.05, 4.69) is 23.8 Å². The number of amides is 1. The highest BCUT2D eigenvalue weighted by atomic mass is 32.2. The summed E-state index contributed by atoms with van der Waals surface area (Å²) >= 11 is 3.05. The van der Waals surface area contributed by atoms with Crippen molar-refractivity contribution in [3.05, 3.63) is 42.5 Å². The van der Waals surface area contributed by atoms with Crippen LogP contribution in [-0.4, -0.2) is 39.6 Å². The van der Waals surface area contributed by atoms with Gasteiger partial charge in [-0.1, -0.05) is 37.7 Å². The number of carbonyl (C=O) groups excluding carboxylic acids is 1. The van der Waals surface area contributed by atoms with Crippen LogP contribution in [0, 0.1) is 17.7 Å². The number of hydrogen-bond donors (Lipinski definition) is 0. The van der Waals surface area contributed by atoms with Gasteiger partial charge in [-0.25, -0.2) is 14.4 Å². The molecule has 0 radical (unpaired) electrons. The van der Waals surface area contributed by atoms with Gasteiger partial charge in [-0.3, -0.25) is 4.79 Å². The largest absolute Gasteiger partial charge is 0.341 e. The maximum atomic E-state index is 13.2. The highest BCUT2D eigenvalue weighted by Gasteiger charge is 2.25. The van der Waals surface area contributed by atoms with Gasteiger partial charge in [0.2, 0.25) is 5.91 Å². The van der Waals surface area contributed by atoms with Crippen molar-refractivity contribution in [2.24, 2.45) is 11.8 Å². The molecule has 4 nitrogen and oxygen atoms in total. The summed E-state index contributed by atoms with van der Waals surface area (Å²) in [7, 11) is 0. The van der Waals surface area contributed by atoms with Gasteiger partial charge in [-0.2, -0.15) is 0 Å². The van der Waals surface area contributed by atoms with Gasteiger partial charge in [-0.05, 0) is 42.0 Å². The normalized spacial score (nSPS) is 19.9. The van der Waals surface area contributed by atoms with E-state index >= 15 is 0 Å². The average molecular weight is 416 g/mol. The molecule has 1 fully saturated rings. The summed E-state index contributed by atoms with van der Waals surface area (Å²) in [5.74, 6) is 1.42. The van der Waals surface area contributed by atoms with Crippen LogP contribution in [-0.2, 0) is 4.79 Å². The molecule has 2 aromatic heterocycles. The van der Waals surface area contributed by atoms with E-state index in [4.69, 9.17) is 0 Å². The van der Waals surface area contributed by atoms with Gasteiger partial charge < -0.3 is 4.90 Å². The summed E-state index contributed by atoms with van der Waals surface area (Å²) in [6.07, 6.45) is 2.73. The number of likely N-dealkylation sites (tertiary alicyclic amines) is 1. The first-order valence-electron chi connectivity index (χ1n) is 9.40.